The van der Waals surface area contributed by atoms with Crippen LogP contribution in [0.3, 0.4) is 0 Å². The lowest BCUT2D eigenvalue weighted by atomic mass is 10.1. The number of hydrogen-bond acceptors (Lipinski definition) is 4. The predicted molar refractivity (Wildman–Crippen MR) is 111 cm³/mol. The highest BCUT2D eigenvalue weighted by atomic mass is 19.4. The fourth-order valence-electron chi connectivity index (χ4n) is 3.16. The van der Waals surface area contributed by atoms with Crippen LogP contribution in [0.4, 0.5) is 13.2 Å². The van der Waals surface area contributed by atoms with E-state index in [2.05, 4.69) is 15.5 Å². The van der Waals surface area contributed by atoms with Crippen LogP contribution >= 0.6 is 0 Å². The van der Waals surface area contributed by atoms with Crippen LogP contribution in [-0.2, 0) is 24.1 Å². The summed E-state index contributed by atoms with van der Waals surface area (Å²) in [6.45, 7) is 1.91. The van der Waals surface area contributed by atoms with Crippen molar-refractivity contribution in [3.8, 4) is 23.0 Å². The second kappa shape index (κ2) is 8.70. The second-order valence-electron chi connectivity index (χ2n) is 7.29. The number of aromatic nitrogens is 3. The lowest BCUT2D eigenvalue weighted by Gasteiger charge is -2.10. The minimum absolute atomic E-state index is 0.0164. The Morgan fingerprint density at radius 3 is 2.62 bits per heavy atom. The van der Waals surface area contributed by atoms with E-state index in [4.69, 9.17) is 4.52 Å². The number of halogens is 3. The van der Waals surface area contributed by atoms with E-state index in [1.165, 1.54) is 12.1 Å². The summed E-state index contributed by atoms with van der Waals surface area (Å²) < 4.78 is 45.5. The molecular weight excluding hydrogens is 421 g/mol. The van der Waals surface area contributed by atoms with Gasteiger partial charge in [0.15, 0.2) is 0 Å². The molecule has 0 fully saturated rings. The van der Waals surface area contributed by atoms with E-state index in [-0.39, 0.29) is 24.9 Å². The molecule has 0 aliphatic heterocycles. The van der Waals surface area contributed by atoms with Gasteiger partial charge in [0, 0.05) is 18.3 Å². The lowest BCUT2D eigenvalue weighted by molar-refractivity contribution is -0.137. The number of nitrogens with one attached hydrogen (secondary N) is 1. The molecule has 4 aromatic rings. The summed E-state index contributed by atoms with van der Waals surface area (Å²) in [4.78, 5) is 16.8. The Balaban J connectivity index is 1.42. The molecule has 6 nitrogen and oxygen atoms in total. The summed E-state index contributed by atoms with van der Waals surface area (Å²) in [5, 5.41) is 6.64. The van der Waals surface area contributed by atoms with Gasteiger partial charge in [-0.3, -0.25) is 4.79 Å². The second-order valence-corrected chi connectivity index (χ2v) is 7.29. The van der Waals surface area contributed by atoms with E-state index in [0.717, 1.165) is 23.3 Å². The van der Waals surface area contributed by atoms with Crippen LogP contribution in [0.25, 0.3) is 23.0 Å². The number of alkyl halides is 3. The molecule has 2 aromatic carbocycles. The summed E-state index contributed by atoms with van der Waals surface area (Å²) in [6, 6.07) is 16.0. The molecule has 2 heterocycles. The van der Waals surface area contributed by atoms with Crippen molar-refractivity contribution >= 4 is 5.91 Å². The zero-order valence-electron chi connectivity index (χ0n) is 17.1. The van der Waals surface area contributed by atoms with Crippen molar-refractivity contribution < 1.29 is 22.5 Å². The van der Waals surface area contributed by atoms with Crippen molar-refractivity contribution in [2.75, 3.05) is 0 Å². The van der Waals surface area contributed by atoms with Crippen molar-refractivity contribution in [1.29, 1.82) is 0 Å². The number of hydrogen-bond donors (Lipinski definition) is 1. The van der Waals surface area contributed by atoms with Crippen LogP contribution in [0.15, 0.2) is 71.4 Å². The van der Waals surface area contributed by atoms with Crippen molar-refractivity contribution in [3.05, 3.63) is 83.6 Å². The number of aryl methyl sites for hydroxylation is 1. The number of rotatable bonds is 6. The van der Waals surface area contributed by atoms with Crippen molar-refractivity contribution in [3.63, 3.8) is 0 Å². The Kier molecular flexibility index (Phi) is 5.81. The van der Waals surface area contributed by atoms with Crippen molar-refractivity contribution in [2.24, 2.45) is 0 Å². The topological polar surface area (TPSA) is 73.0 Å². The first-order valence-electron chi connectivity index (χ1n) is 9.79. The van der Waals surface area contributed by atoms with Gasteiger partial charge >= 0.3 is 6.18 Å². The normalized spacial score (nSPS) is 11.5. The molecule has 32 heavy (non-hydrogen) atoms. The highest BCUT2D eigenvalue weighted by Gasteiger charge is 2.30. The maximum atomic E-state index is 12.8. The molecule has 2 aromatic heterocycles. The first-order chi connectivity index (χ1) is 15.3. The van der Waals surface area contributed by atoms with Gasteiger partial charge in [0.2, 0.25) is 11.7 Å². The molecule has 0 bridgehead atoms. The van der Waals surface area contributed by atoms with Crippen molar-refractivity contribution in [1.82, 2.24) is 20.0 Å². The molecule has 1 N–H and O–H groups in total. The molecule has 9 heteroatoms. The minimum Gasteiger partial charge on any atom is -0.350 e. The summed E-state index contributed by atoms with van der Waals surface area (Å²) in [5.74, 6) is 0.330. The number of benzene rings is 2. The maximum Gasteiger partial charge on any atom is 0.416 e. The summed E-state index contributed by atoms with van der Waals surface area (Å²) in [6.07, 6.45) is -2.74. The van der Waals surface area contributed by atoms with Crippen LogP contribution in [0, 0.1) is 6.92 Å². The monoisotopic (exact) mass is 440 g/mol. The van der Waals surface area contributed by atoms with Crippen LogP contribution in [0.2, 0.25) is 0 Å². The molecule has 1 amide bonds. The Hall–Kier alpha value is -3.88. The number of carbonyl (C=O) groups is 1. The Morgan fingerprint density at radius 2 is 1.88 bits per heavy atom. The van der Waals surface area contributed by atoms with Crippen LogP contribution in [-0.4, -0.2) is 20.6 Å². The van der Waals surface area contributed by atoms with E-state index >= 15 is 0 Å². The third-order valence-corrected chi connectivity index (χ3v) is 4.84. The number of nitrogens with zero attached hydrogens (tertiary/aromatic N) is 3. The SMILES string of the molecule is Cc1ccc(-c2noc(-c3cccn3CC(=O)NCc3cccc(C(F)(F)F)c3)n2)cc1. The molecule has 4 rings (SSSR count). The van der Waals surface area contributed by atoms with E-state index in [0.29, 0.717) is 17.1 Å². The van der Waals surface area contributed by atoms with Crippen molar-refractivity contribution in [2.45, 2.75) is 26.2 Å². The van der Waals surface area contributed by atoms with Crippen LogP contribution in [0.1, 0.15) is 16.7 Å². The van der Waals surface area contributed by atoms with Gasteiger partial charge < -0.3 is 14.4 Å². The van der Waals surface area contributed by atoms with E-state index in [9.17, 15) is 18.0 Å². The van der Waals surface area contributed by atoms with Crippen LogP contribution < -0.4 is 5.32 Å². The smallest absolute Gasteiger partial charge is 0.350 e. The van der Waals surface area contributed by atoms with Gasteiger partial charge in [0.1, 0.15) is 12.2 Å². The van der Waals surface area contributed by atoms with Gasteiger partial charge in [-0.2, -0.15) is 18.2 Å². The molecule has 0 atom stereocenters. The molecule has 0 radical (unpaired) electrons. The number of carbonyl (C=O) groups excluding carboxylic acids is 1. The Morgan fingerprint density at radius 1 is 1.09 bits per heavy atom. The number of amides is 1. The highest BCUT2D eigenvalue weighted by molar-refractivity contribution is 5.76. The summed E-state index contributed by atoms with van der Waals surface area (Å²) in [7, 11) is 0. The van der Waals surface area contributed by atoms with E-state index < -0.39 is 11.7 Å². The molecule has 164 valence electrons. The van der Waals surface area contributed by atoms with Gasteiger partial charge in [-0.1, -0.05) is 47.1 Å². The third-order valence-electron chi connectivity index (χ3n) is 4.84. The third kappa shape index (κ3) is 4.88. The first kappa shape index (κ1) is 21.4. The van der Waals surface area contributed by atoms with E-state index in [1.807, 2.05) is 31.2 Å². The largest absolute Gasteiger partial charge is 0.416 e. The maximum absolute atomic E-state index is 12.8. The molecule has 0 spiro atoms. The lowest BCUT2D eigenvalue weighted by Crippen LogP contribution is -2.27. The molecule has 0 unspecified atom stereocenters. The summed E-state index contributed by atoms with van der Waals surface area (Å²) >= 11 is 0. The summed E-state index contributed by atoms with van der Waals surface area (Å²) in [5.41, 5.74) is 2.09. The molecular formula is C23H19F3N4O2. The highest BCUT2D eigenvalue weighted by Crippen LogP contribution is 2.29. The Labute approximate surface area is 181 Å². The standard InChI is InChI=1S/C23H19F3N4O2/c1-15-7-9-17(10-8-15)21-28-22(32-29-21)19-6-3-11-30(19)14-20(31)27-13-16-4-2-5-18(12-16)23(24,25)26/h2-12H,13-14H2,1H3,(H,27,31). The fourth-order valence-corrected chi connectivity index (χ4v) is 3.16. The van der Waals surface area contributed by atoms with Gasteiger partial charge in [0.05, 0.1) is 5.56 Å². The van der Waals surface area contributed by atoms with E-state index in [1.54, 1.807) is 22.9 Å². The zero-order valence-corrected chi connectivity index (χ0v) is 17.1. The van der Waals surface area contributed by atoms with Gasteiger partial charge in [0.25, 0.3) is 5.89 Å². The van der Waals surface area contributed by atoms with Crippen LogP contribution in [0.5, 0.6) is 0 Å². The van der Waals surface area contributed by atoms with Gasteiger partial charge in [-0.05, 0) is 36.8 Å². The molecule has 0 aliphatic rings. The minimum atomic E-state index is -4.43. The Bertz CT molecular complexity index is 1230. The molecule has 0 aliphatic carbocycles. The zero-order chi connectivity index (χ0) is 22.7. The van der Waals surface area contributed by atoms with Gasteiger partial charge in [-0.15, -0.1) is 0 Å². The molecule has 0 saturated carbocycles. The average molecular weight is 440 g/mol. The average Bonchev–Trinajstić information content (AvgIpc) is 3.42. The van der Waals surface area contributed by atoms with Gasteiger partial charge in [-0.25, -0.2) is 0 Å². The quantitative estimate of drug-likeness (QED) is 0.465. The fraction of sp³-hybridized carbons (Fsp3) is 0.174. The first-order valence-corrected chi connectivity index (χ1v) is 9.79. The molecule has 0 saturated heterocycles. The predicted octanol–water partition coefficient (Wildman–Crippen LogP) is 4.85.